The third-order valence-corrected chi connectivity index (χ3v) is 5.49. The van der Waals surface area contributed by atoms with Crippen LogP contribution in [0.1, 0.15) is 22.7 Å². The van der Waals surface area contributed by atoms with Gasteiger partial charge in [-0.3, -0.25) is 4.79 Å². The van der Waals surface area contributed by atoms with Crippen molar-refractivity contribution in [3.8, 4) is 11.1 Å². The van der Waals surface area contributed by atoms with Crippen LogP contribution >= 0.6 is 11.6 Å². The topological polar surface area (TPSA) is 74.0 Å². The van der Waals surface area contributed by atoms with Gasteiger partial charge < -0.3 is 14.8 Å². The lowest BCUT2D eigenvalue weighted by Gasteiger charge is -2.17. The number of nitrogen functional groups attached to an aromatic ring is 1. The van der Waals surface area contributed by atoms with Crippen LogP contribution in [0.25, 0.3) is 22.0 Å². The average molecular weight is 412 g/mol. The molecule has 0 spiro atoms. The zero-order valence-corrected chi connectivity index (χ0v) is 17.0. The third kappa shape index (κ3) is 3.19. The Balaban J connectivity index is 1.95. The van der Waals surface area contributed by atoms with Crippen LogP contribution in [-0.2, 0) is 6.54 Å². The summed E-state index contributed by atoms with van der Waals surface area (Å²) < 4.78 is 21.4. The zero-order valence-electron chi connectivity index (χ0n) is 16.2. The van der Waals surface area contributed by atoms with Crippen molar-refractivity contribution in [2.45, 2.75) is 27.3 Å². The van der Waals surface area contributed by atoms with Gasteiger partial charge in [0.15, 0.2) is 11.2 Å². The van der Waals surface area contributed by atoms with E-state index in [9.17, 15) is 9.18 Å². The highest BCUT2D eigenvalue weighted by Gasteiger charge is 2.16. The van der Waals surface area contributed by atoms with Crippen molar-refractivity contribution in [2.75, 3.05) is 5.73 Å². The molecule has 2 heterocycles. The summed E-state index contributed by atoms with van der Waals surface area (Å²) in [5, 5.41) is 4.56. The van der Waals surface area contributed by atoms with E-state index >= 15 is 0 Å². The van der Waals surface area contributed by atoms with E-state index in [0.29, 0.717) is 23.3 Å². The van der Waals surface area contributed by atoms with Gasteiger partial charge in [-0.2, -0.15) is 0 Å². The lowest BCUT2D eigenvalue weighted by atomic mass is 10.0. The largest absolute Gasteiger partial charge is 0.396 e. The maximum absolute atomic E-state index is 14.2. The first-order valence-electron chi connectivity index (χ1n) is 9.07. The highest BCUT2D eigenvalue weighted by Crippen LogP contribution is 2.30. The third-order valence-electron chi connectivity index (χ3n) is 5.19. The molecule has 4 rings (SSSR count). The summed E-state index contributed by atoms with van der Waals surface area (Å²) in [6.07, 6.45) is 0. The van der Waals surface area contributed by atoms with Gasteiger partial charge in [0.05, 0.1) is 21.9 Å². The monoisotopic (exact) mass is 411 g/mol. The van der Waals surface area contributed by atoms with Crippen LogP contribution in [0.3, 0.4) is 0 Å². The van der Waals surface area contributed by atoms with Gasteiger partial charge in [-0.1, -0.05) is 28.9 Å². The molecular weight excluding hydrogens is 393 g/mol. The number of rotatable bonds is 3. The molecule has 29 heavy (non-hydrogen) atoms. The molecule has 0 saturated carbocycles. The van der Waals surface area contributed by atoms with Gasteiger partial charge in [-0.15, -0.1) is 0 Å². The first-order valence-corrected chi connectivity index (χ1v) is 9.45. The van der Waals surface area contributed by atoms with Gasteiger partial charge in [0.25, 0.3) is 0 Å². The summed E-state index contributed by atoms with van der Waals surface area (Å²) in [5.41, 5.74) is 10.5. The van der Waals surface area contributed by atoms with Gasteiger partial charge in [0.2, 0.25) is 0 Å². The van der Waals surface area contributed by atoms with E-state index in [-0.39, 0.29) is 16.1 Å². The molecular formula is C22H19ClFN3O2. The number of anilines is 1. The molecule has 2 aromatic heterocycles. The average Bonchev–Trinajstić information content (AvgIpc) is 3.02. The second kappa shape index (κ2) is 7.04. The number of nitrogens with two attached hydrogens (primary N) is 1. The number of nitrogens with zero attached hydrogens (tertiary/aromatic N) is 2. The first kappa shape index (κ1) is 19.2. The standard InChI is InChI=1S/C22H19ClFN3O2/c1-11-8-19(28)16-6-4-14(20-12(2)26-29-13(20)3)9-18(16)27(11)10-15-5-7-17(23)21(24)22(15)25/h4-9H,10,25H2,1-3H3. The number of aryl methyl sites for hydroxylation is 3. The smallest absolute Gasteiger partial charge is 0.189 e. The van der Waals surface area contributed by atoms with Crippen LogP contribution < -0.4 is 11.2 Å². The Morgan fingerprint density at radius 2 is 1.93 bits per heavy atom. The summed E-state index contributed by atoms with van der Waals surface area (Å²) in [4.78, 5) is 12.6. The SMILES string of the molecule is Cc1noc(C)c1-c1ccc2c(=O)cc(C)n(Cc3ccc(Cl)c(F)c3N)c2c1. The van der Waals surface area contributed by atoms with E-state index in [4.69, 9.17) is 21.9 Å². The van der Waals surface area contributed by atoms with Crippen molar-refractivity contribution in [3.05, 3.63) is 80.2 Å². The number of pyridine rings is 1. The van der Waals surface area contributed by atoms with Crippen molar-refractivity contribution in [2.24, 2.45) is 0 Å². The quantitative estimate of drug-likeness (QED) is 0.481. The fourth-order valence-corrected chi connectivity index (χ4v) is 3.84. The Morgan fingerprint density at radius 1 is 1.17 bits per heavy atom. The van der Waals surface area contributed by atoms with Gasteiger partial charge in [-0.05, 0) is 50.1 Å². The molecule has 0 aliphatic carbocycles. The number of aromatic nitrogens is 2. The van der Waals surface area contributed by atoms with Crippen molar-refractivity contribution >= 4 is 28.2 Å². The van der Waals surface area contributed by atoms with Crippen molar-refractivity contribution in [1.29, 1.82) is 0 Å². The van der Waals surface area contributed by atoms with Crippen molar-refractivity contribution < 1.29 is 8.91 Å². The summed E-state index contributed by atoms with van der Waals surface area (Å²) in [6.45, 7) is 5.86. The summed E-state index contributed by atoms with van der Waals surface area (Å²) in [5.74, 6) is 0.0657. The Labute approximate surface area is 171 Å². The first-order chi connectivity index (χ1) is 13.8. The number of benzene rings is 2. The molecule has 0 atom stereocenters. The van der Waals surface area contributed by atoms with Gasteiger partial charge in [0, 0.05) is 29.3 Å². The molecule has 0 bridgehead atoms. The molecule has 4 aromatic rings. The number of hydrogen-bond acceptors (Lipinski definition) is 4. The molecule has 5 nitrogen and oxygen atoms in total. The molecule has 0 saturated heterocycles. The molecule has 0 fully saturated rings. The number of hydrogen-bond donors (Lipinski definition) is 1. The molecule has 0 unspecified atom stereocenters. The highest BCUT2D eigenvalue weighted by molar-refractivity contribution is 6.31. The van der Waals surface area contributed by atoms with Crippen molar-refractivity contribution in [1.82, 2.24) is 9.72 Å². The molecule has 0 radical (unpaired) electrons. The van der Waals surface area contributed by atoms with E-state index < -0.39 is 5.82 Å². The lowest BCUT2D eigenvalue weighted by molar-refractivity contribution is 0.393. The van der Waals surface area contributed by atoms with Gasteiger partial charge in [-0.25, -0.2) is 4.39 Å². The second-order valence-corrected chi connectivity index (χ2v) is 7.51. The summed E-state index contributed by atoms with van der Waals surface area (Å²) in [7, 11) is 0. The van der Waals surface area contributed by atoms with E-state index in [1.807, 2.05) is 37.5 Å². The normalized spacial score (nSPS) is 11.3. The fourth-order valence-electron chi connectivity index (χ4n) is 3.67. The molecule has 0 aliphatic heterocycles. The minimum absolute atomic E-state index is 0.00521. The Kier molecular flexibility index (Phi) is 4.67. The molecule has 0 aliphatic rings. The van der Waals surface area contributed by atoms with E-state index in [0.717, 1.165) is 28.0 Å². The maximum Gasteiger partial charge on any atom is 0.189 e. The maximum atomic E-state index is 14.2. The molecule has 2 aromatic carbocycles. The summed E-state index contributed by atoms with van der Waals surface area (Å²) >= 11 is 5.83. The highest BCUT2D eigenvalue weighted by atomic mass is 35.5. The predicted octanol–water partition coefficient (Wildman–Crippen LogP) is 5.00. The summed E-state index contributed by atoms with van der Waals surface area (Å²) in [6, 6.07) is 10.4. The number of halogens is 2. The Bertz CT molecular complexity index is 1300. The van der Waals surface area contributed by atoms with E-state index in [1.54, 1.807) is 18.2 Å². The van der Waals surface area contributed by atoms with Gasteiger partial charge >= 0.3 is 0 Å². The minimum atomic E-state index is -0.636. The van der Waals surface area contributed by atoms with Crippen LogP contribution in [0.2, 0.25) is 5.02 Å². The Morgan fingerprint density at radius 3 is 2.62 bits per heavy atom. The van der Waals surface area contributed by atoms with Crippen LogP contribution in [0.15, 0.2) is 45.7 Å². The molecule has 0 amide bonds. The van der Waals surface area contributed by atoms with Crippen LogP contribution in [0, 0.1) is 26.6 Å². The van der Waals surface area contributed by atoms with E-state index in [2.05, 4.69) is 5.16 Å². The zero-order chi connectivity index (χ0) is 20.9. The Hall–Kier alpha value is -3.12. The lowest BCUT2D eigenvalue weighted by Crippen LogP contribution is -2.14. The predicted molar refractivity (Wildman–Crippen MR) is 113 cm³/mol. The van der Waals surface area contributed by atoms with Crippen LogP contribution in [0.4, 0.5) is 10.1 Å². The molecule has 2 N–H and O–H groups in total. The molecule has 148 valence electrons. The minimum Gasteiger partial charge on any atom is -0.396 e. The van der Waals surface area contributed by atoms with E-state index in [1.165, 1.54) is 6.07 Å². The van der Waals surface area contributed by atoms with Gasteiger partial charge in [0.1, 0.15) is 5.76 Å². The number of fused-ring (bicyclic) bond motifs is 1. The van der Waals surface area contributed by atoms with Crippen molar-refractivity contribution in [3.63, 3.8) is 0 Å². The fraction of sp³-hybridized carbons (Fsp3) is 0.182. The van der Waals surface area contributed by atoms with Crippen LogP contribution in [-0.4, -0.2) is 9.72 Å². The second-order valence-electron chi connectivity index (χ2n) is 7.10. The van der Waals surface area contributed by atoms with Crippen LogP contribution in [0.5, 0.6) is 0 Å². The molecule has 7 heteroatoms.